The summed E-state index contributed by atoms with van der Waals surface area (Å²) in [7, 11) is 1.09. The molecule has 2 atom stereocenters. The Bertz CT molecular complexity index is 1260. The minimum Gasteiger partial charge on any atom is -0.756 e. The zero-order chi connectivity index (χ0) is 42.8. The van der Waals surface area contributed by atoms with Crippen molar-refractivity contribution in [3.05, 3.63) is 85.1 Å². The number of ether oxygens (including phenoxy) is 2. The van der Waals surface area contributed by atoms with Crippen LogP contribution in [-0.2, 0) is 32.7 Å². The van der Waals surface area contributed by atoms with E-state index in [1.165, 1.54) is 57.8 Å². The van der Waals surface area contributed by atoms with E-state index < -0.39 is 32.5 Å². The molecule has 0 spiro atoms. The molecular weight excluding hydrogens is 750 g/mol. The van der Waals surface area contributed by atoms with Crippen LogP contribution in [0.2, 0.25) is 0 Å². The van der Waals surface area contributed by atoms with Crippen molar-refractivity contribution in [3.63, 3.8) is 0 Å². The third kappa shape index (κ3) is 42.8. The molecule has 0 rings (SSSR count). The maximum Gasteiger partial charge on any atom is 0.306 e. The first-order chi connectivity index (χ1) is 28.0. The van der Waals surface area contributed by atoms with Gasteiger partial charge in [0.15, 0.2) is 6.10 Å². The fraction of sp³-hybridized carbons (Fsp3) is 0.667. The van der Waals surface area contributed by atoms with Crippen molar-refractivity contribution in [2.45, 2.75) is 161 Å². The second-order valence-corrected chi connectivity index (χ2v) is 17.1. The highest BCUT2D eigenvalue weighted by Crippen LogP contribution is 2.38. The molecule has 0 aromatic heterocycles. The first-order valence-corrected chi connectivity index (χ1v) is 23.8. The van der Waals surface area contributed by atoms with E-state index in [0.29, 0.717) is 30.3 Å². The molecule has 1 unspecified atom stereocenters. The molecule has 0 amide bonds. The maximum atomic E-state index is 12.7. The number of carbonyl (C=O) groups excluding carboxylic acids is 2. The normalized spacial score (nSPS) is 14.4. The number of unbranched alkanes of at least 4 members (excludes halogenated alkanes) is 11. The van der Waals surface area contributed by atoms with Gasteiger partial charge in [-0.2, -0.15) is 0 Å². The van der Waals surface area contributed by atoms with Gasteiger partial charge in [0.25, 0.3) is 7.82 Å². The van der Waals surface area contributed by atoms with E-state index >= 15 is 0 Å². The van der Waals surface area contributed by atoms with Crippen LogP contribution in [0.4, 0.5) is 0 Å². The number of quaternary nitrogens is 1. The molecule has 0 radical (unpaired) electrons. The van der Waals surface area contributed by atoms with Gasteiger partial charge in [0.2, 0.25) is 0 Å². The van der Waals surface area contributed by atoms with E-state index in [1.54, 1.807) is 0 Å². The average molecular weight is 832 g/mol. The summed E-state index contributed by atoms with van der Waals surface area (Å²) < 4.78 is 33.8. The molecule has 0 heterocycles. The van der Waals surface area contributed by atoms with Gasteiger partial charge >= 0.3 is 11.9 Å². The fourth-order valence-electron chi connectivity index (χ4n) is 5.37. The molecule has 0 N–H and O–H groups in total. The van der Waals surface area contributed by atoms with Gasteiger partial charge in [-0.1, -0.05) is 144 Å². The topological polar surface area (TPSA) is 111 Å². The third-order valence-electron chi connectivity index (χ3n) is 8.89. The zero-order valence-corrected chi connectivity index (χ0v) is 38.1. The molecule has 10 heteroatoms. The van der Waals surface area contributed by atoms with Gasteiger partial charge in [-0.25, -0.2) is 0 Å². The van der Waals surface area contributed by atoms with Crippen LogP contribution in [0.25, 0.3) is 0 Å². The molecule has 0 saturated carbocycles. The lowest BCUT2D eigenvalue weighted by molar-refractivity contribution is -0.870. The van der Waals surface area contributed by atoms with Gasteiger partial charge in [0.1, 0.15) is 19.8 Å². The molecule has 0 aliphatic carbocycles. The quantitative estimate of drug-likeness (QED) is 0.0198. The van der Waals surface area contributed by atoms with Crippen LogP contribution in [0, 0.1) is 0 Å². The number of esters is 2. The van der Waals surface area contributed by atoms with E-state index in [4.69, 9.17) is 18.5 Å². The highest BCUT2D eigenvalue weighted by molar-refractivity contribution is 7.45. The Kier molecular flexibility index (Phi) is 37.7. The van der Waals surface area contributed by atoms with E-state index in [9.17, 15) is 19.0 Å². The van der Waals surface area contributed by atoms with Crippen LogP contribution < -0.4 is 4.89 Å². The van der Waals surface area contributed by atoms with Crippen molar-refractivity contribution in [2.24, 2.45) is 0 Å². The monoisotopic (exact) mass is 832 g/mol. The Morgan fingerprint density at radius 2 is 0.931 bits per heavy atom. The molecule has 58 heavy (non-hydrogen) atoms. The summed E-state index contributed by atoms with van der Waals surface area (Å²) in [5.74, 6) is -0.970. The molecule has 0 fully saturated rings. The Balaban J connectivity index is 4.55. The second-order valence-electron chi connectivity index (χ2n) is 15.7. The molecule has 0 aliphatic rings. The lowest BCUT2D eigenvalue weighted by Gasteiger charge is -2.28. The number of allylic oxidation sites excluding steroid dienone is 14. The predicted octanol–water partition coefficient (Wildman–Crippen LogP) is 12.2. The zero-order valence-electron chi connectivity index (χ0n) is 37.2. The summed E-state index contributed by atoms with van der Waals surface area (Å²) in [4.78, 5) is 37.5. The minimum atomic E-state index is -4.66. The minimum absolute atomic E-state index is 0.0529. The summed E-state index contributed by atoms with van der Waals surface area (Å²) in [5, 5.41) is 0. The molecule has 0 aromatic rings. The van der Waals surface area contributed by atoms with Crippen molar-refractivity contribution < 1.29 is 42.1 Å². The van der Waals surface area contributed by atoms with Crippen molar-refractivity contribution in [2.75, 3.05) is 47.5 Å². The van der Waals surface area contributed by atoms with Crippen molar-refractivity contribution in [1.82, 2.24) is 0 Å². The Hall–Kier alpha value is -2.81. The van der Waals surface area contributed by atoms with Crippen LogP contribution in [0.1, 0.15) is 155 Å². The van der Waals surface area contributed by atoms with Crippen LogP contribution in [0.15, 0.2) is 85.1 Å². The smallest absolute Gasteiger partial charge is 0.306 e. The number of hydrogen-bond donors (Lipinski definition) is 0. The summed E-state index contributed by atoms with van der Waals surface area (Å²) in [6, 6.07) is 0. The third-order valence-corrected chi connectivity index (χ3v) is 9.85. The lowest BCUT2D eigenvalue weighted by atomic mass is 10.1. The Morgan fingerprint density at radius 3 is 1.41 bits per heavy atom. The number of likely N-dealkylation sites (N-methyl/N-ethyl adjacent to an activating group) is 1. The second kappa shape index (κ2) is 39.6. The molecule has 0 aromatic carbocycles. The number of carbonyl (C=O) groups is 2. The molecule has 0 saturated heterocycles. The van der Waals surface area contributed by atoms with Gasteiger partial charge in [-0.3, -0.25) is 14.2 Å². The fourth-order valence-corrected chi connectivity index (χ4v) is 6.10. The van der Waals surface area contributed by atoms with Gasteiger partial charge in [0, 0.05) is 12.8 Å². The van der Waals surface area contributed by atoms with Crippen molar-refractivity contribution in [1.29, 1.82) is 0 Å². The molecule has 332 valence electrons. The van der Waals surface area contributed by atoms with Crippen LogP contribution in [0.5, 0.6) is 0 Å². The van der Waals surface area contributed by atoms with Crippen molar-refractivity contribution in [3.8, 4) is 0 Å². The number of rotatable bonds is 39. The number of phosphoric ester groups is 1. The highest BCUT2D eigenvalue weighted by Gasteiger charge is 2.21. The summed E-state index contributed by atoms with van der Waals surface area (Å²) in [5.41, 5.74) is 0. The van der Waals surface area contributed by atoms with Crippen LogP contribution in [-0.4, -0.2) is 70.0 Å². The van der Waals surface area contributed by atoms with E-state index in [0.717, 1.165) is 51.4 Å². The van der Waals surface area contributed by atoms with Crippen molar-refractivity contribution >= 4 is 19.8 Å². The van der Waals surface area contributed by atoms with Gasteiger partial charge in [-0.05, 0) is 83.5 Å². The largest absolute Gasteiger partial charge is 0.756 e. The Morgan fingerprint density at radius 1 is 0.534 bits per heavy atom. The van der Waals surface area contributed by atoms with E-state index in [1.807, 2.05) is 27.2 Å². The van der Waals surface area contributed by atoms with Gasteiger partial charge in [0.05, 0.1) is 27.7 Å². The summed E-state index contributed by atoms with van der Waals surface area (Å²) in [6.45, 7) is 4.05. The van der Waals surface area contributed by atoms with E-state index in [-0.39, 0.29) is 26.1 Å². The molecule has 0 bridgehead atoms. The Labute approximate surface area is 354 Å². The van der Waals surface area contributed by atoms with Gasteiger partial charge < -0.3 is 27.9 Å². The molecular formula is C48H82NO8P. The van der Waals surface area contributed by atoms with Crippen LogP contribution in [0.3, 0.4) is 0 Å². The first-order valence-electron chi connectivity index (χ1n) is 22.3. The van der Waals surface area contributed by atoms with E-state index in [2.05, 4.69) is 92.8 Å². The molecule has 9 nitrogen and oxygen atoms in total. The molecule has 0 aliphatic heterocycles. The number of nitrogens with zero attached hydrogens (tertiary/aromatic N) is 1. The summed E-state index contributed by atoms with van der Waals surface area (Å²) in [6.07, 6.45) is 50.6. The lowest BCUT2D eigenvalue weighted by Crippen LogP contribution is -2.37. The summed E-state index contributed by atoms with van der Waals surface area (Å²) >= 11 is 0. The van der Waals surface area contributed by atoms with Gasteiger partial charge in [-0.15, -0.1) is 0 Å². The van der Waals surface area contributed by atoms with Crippen LogP contribution >= 0.6 is 7.82 Å². The average Bonchev–Trinajstić information content (AvgIpc) is 3.17. The predicted molar refractivity (Wildman–Crippen MR) is 240 cm³/mol. The SMILES string of the molecule is CCCCC/C=C\C/C=C\C/C=C\C/C=C\CCCC(=O)O[C@H](COC(=O)CCC/C=C\C/C=C\C/C=C\CCCCCCCC)COP(=O)([O-])OCC[N+](C)(C)C. The highest BCUT2D eigenvalue weighted by atomic mass is 31.2. The standard InChI is InChI=1S/C48H82NO8P/c1-6-8-10-12-14-16-18-20-22-24-26-28-30-32-34-36-38-40-47(50)54-44-46(45-56-58(52,53)55-43-42-49(3,4)5)57-48(51)41-39-37-35-33-31-29-27-25-23-21-19-17-15-13-11-9-7-2/h15,17,20-23,26-29,32-35,46H,6-14,16,18-19,24-25,30-31,36-45H2,1-5H3/b17-15-,22-20-,23-21-,28-26-,29-27-,34-32-,35-33-/t46-/m1/s1. The number of phosphoric acid groups is 1. The first kappa shape index (κ1) is 55.2. The number of hydrogen-bond acceptors (Lipinski definition) is 8. The maximum absolute atomic E-state index is 12.7.